The molecule has 7 heteroatoms. The van der Waals surface area contributed by atoms with Gasteiger partial charge in [-0.05, 0) is 50.5 Å². The Balaban J connectivity index is 1.95. The Morgan fingerprint density at radius 3 is 2.32 bits per heavy atom. The lowest BCUT2D eigenvalue weighted by Crippen LogP contribution is -2.35. The third-order valence-electron chi connectivity index (χ3n) is 4.42. The highest BCUT2D eigenvalue weighted by atomic mass is 32.2. The van der Waals surface area contributed by atoms with Gasteiger partial charge in [0, 0.05) is 19.1 Å². The van der Waals surface area contributed by atoms with Gasteiger partial charge in [0.05, 0.1) is 4.90 Å². The second kappa shape index (κ2) is 9.20. The highest BCUT2D eigenvalue weighted by Crippen LogP contribution is 2.22. The summed E-state index contributed by atoms with van der Waals surface area (Å²) in [6, 6.07) is 6.39. The predicted molar refractivity (Wildman–Crippen MR) is 97.1 cm³/mol. The van der Waals surface area contributed by atoms with Crippen LogP contribution in [0.25, 0.3) is 0 Å². The molecule has 0 radical (unpaired) electrons. The zero-order valence-electron chi connectivity index (χ0n) is 15.0. The summed E-state index contributed by atoms with van der Waals surface area (Å²) in [4.78, 5) is 12.0. The maximum atomic E-state index is 12.7. The molecular weight excluding hydrogens is 340 g/mol. The minimum atomic E-state index is -3.45. The number of hydrogen-bond acceptors (Lipinski definition) is 4. The lowest BCUT2D eigenvalue weighted by molar-refractivity contribution is -0.123. The molecule has 0 saturated carbocycles. The average molecular weight is 368 g/mol. The van der Waals surface area contributed by atoms with Crippen LogP contribution in [0.1, 0.15) is 46.0 Å². The number of carbonyl (C=O) groups excluding carboxylic acids is 1. The van der Waals surface area contributed by atoms with Gasteiger partial charge in [-0.15, -0.1) is 0 Å². The molecule has 0 bridgehead atoms. The number of carbonyl (C=O) groups is 1. The molecular formula is C18H28N2O4S. The monoisotopic (exact) mass is 368 g/mol. The van der Waals surface area contributed by atoms with Gasteiger partial charge >= 0.3 is 0 Å². The van der Waals surface area contributed by atoms with Crippen molar-refractivity contribution in [2.24, 2.45) is 0 Å². The summed E-state index contributed by atoms with van der Waals surface area (Å²) >= 11 is 0. The van der Waals surface area contributed by atoms with E-state index in [1.807, 2.05) is 13.8 Å². The normalized spacial score (nSPS) is 17.5. The number of sulfonamides is 1. The summed E-state index contributed by atoms with van der Waals surface area (Å²) in [6.45, 7) is 5.00. The van der Waals surface area contributed by atoms with Crippen LogP contribution >= 0.6 is 0 Å². The zero-order valence-corrected chi connectivity index (χ0v) is 15.8. The number of benzene rings is 1. The summed E-state index contributed by atoms with van der Waals surface area (Å²) in [5, 5.41) is 2.82. The Kier molecular flexibility index (Phi) is 7.25. The summed E-state index contributed by atoms with van der Waals surface area (Å²) < 4.78 is 32.4. The second-order valence-electron chi connectivity index (χ2n) is 6.46. The SMILES string of the molecule is CC[C@H](C)NC(=O)COc1ccc(S(=O)(=O)N2CCCCCC2)cc1. The van der Waals surface area contributed by atoms with Crippen LogP contribution in [-0.2, 0) is 14.8 Å². The third-order valence-corrected chi connectivity index (χ3v) is 6.33. The molecule has 1 aromatic carbocycles. The summed E-state index contributed by atoms with van der Waals surface area (Å²) in [5.41, 5.74) is 0. The first-order valence-electron chi connectivity index (χ1n) is 8.96. The van der Waals surface area contributed by atoms with Gasteiger partial charge in [-0.2, -0.15) is 4.31 Å². The van der Waals surface area contributed by atoms with Crippen molar-refractivity contribution in [3.8, 4) is 5.75 Å². The van der Waals surface area contributed by atoms with E-state index in [9.17, 15) is 13.2 Å². The third kappa shape index (κ3) is 5.71. The quantitative estimate of drug-likeness (QED) is 0.802. The molecule has 0 aliphatic carbocycles. The molecule has 0 spiro atoms. The fraction of sp³-hybridized carbons (Fsp3) is 0.611. The van der Waals surface area contributed by atoms with Crippen LogP contribution in [0.5, 0.6) is 5.75 Å². The largest absolute Gasteiger partial charge is 0.484 e. The minimum Gasteiger partial charge on any atom is -0.484 e. The molecule has 25 heavy (non-hydrogen) atoms. The standard InChI is InChI=1S/C18H28N2O4S/c1-3-15(2)19-18(21)14-24-16-8-10-17(11-9-16)25(22,23)20-12-6-4-5-7-13-20/h8-11,15H,3-7,12-14H2,1-2H3,(H,19,21)/t15-/m0/s1. The van der Waals surface area contributed by atoms with Gasteiger partial charge in [0.15, 0.2) is 6.61 Å². The second-order valence-corrected chi connectivity index (χ2v) is 8.39. The molecule has 0 unspecified atom stereocenters. The number of hydrogen-bond donors (Lipinski definition) is 1. The van der Waals surface area contributed by atoms with Crippen LogP contribution in [0.4, 0.5) is 0 Å². The van der Waals surface area contributed by atoms with E-state index in [0.29, 0.717) is 18.8 Å². The van der Waals surface area contributed by atoms with Crippen molar-refractivity contribution in [2.45, 2.75) is 56.9 Å². The number of nitrogens with zero attached hydrogens (tertiary/aromatic N) is 1. The van der Waals surface area contributed by atoms with Gasteiger partial charge in [-0.25, -0.2) is 8.42 Å². The average Bonchev–Trinajstić information content (AvgIpc) is 2.90. The van der Waals surface area contributed by atoms with Gasteiger partial charge in [-0.3, -0.25) is 4.79 Å². The van der Waals surface area contributed by atoms with Crippen molar-refractivity contribution in [2.75, 3.05) is 19.7 Å². The fourth-order valence-electron chi connectivity index (χ4n) is 2.71. The molecule has 2 rings (SSSR count). The van der Waals surface area contributed by atoms with Crippen molar-refractivity contribution < 1.29 is 17.9 Å². The summed E-state index contributed by atoms with van der Waals surface area (Å²) in [7, 11) is -3.45. The minimum absolute atomic E-state index is 0.0808. The molecule has 140 valence electrons. The van der Waals surface area contributed by atoms with Crippen molar-refractivity contribution >= 4 is 15.9 Å². The summed E-state index contributed by atoms with van der Waals surface area (Å²) in [5.74, 6) is 0.296. The Morgan fingerprint density at radius 2 is 1.76 bits per heavy atom. The van der Waals surface area contributed by atoms with E-state index in [1.165, 1.54) is 0 Å². The maximum Gasteiger partial charge on any atom is 0.258 e. The van der Waals surface area contributed by atoms with E-state index < -0.39 is 10.0 Å². The highest BCUT2D eigenvalue weighted by Gasteiger charge is 2.25. The molecule has 1 aliphatic rings. The van der Waals surface area contributed by atoms with Gasteiger partial charge in [-0.1, -0.05) is 19.8 Å². The van der Waals surface area contributed by atoms with Crippen molar-refractivity contribution in [1.82, 2.24) is 9.62 Å². The number of rotatable bonds is 7. The number of nitrogens with one attached hydrogen (secondary N) is 1. The van der Waals surface area contributed by atoms with Crippen LogP contribution < -0.4 is 10.1 Å². The lowest BCUT2D eigenvalue weighted by Gasteiger charge is -2.20. The predicted octanol–water partition coefficient (Wildman–Crippen LogP) is 2.54. The van der Waals surface area contributed by atoms with Crippen LogP contribution in [-0.4, -0.2) is 44.4 Å². The van der Waals surface area contributed by atoms with Crippen molar-refractivity contribution in [3.05, 3.63) is 24.3 Å². The molecule has 0 aromatic heterocycles. The molecule has 1 saturated heterocycles. The number of ether oxygens (including phenoxy) is 1. The Labute approximate surface area is 150 Å². The van der Waals surface area contributed by atoms with E-state index >= 15 is 0 Å². The first-order chi connectivity index (χ1) is 11.9. The van der Waals surface area contributed by atoms with Crippen molar-refractivity contribution in [1.29, 1.82) is 0 Å². The zero-order chi connectivity index (χ0) is 18.3. The lowest BCUT2D eigenvalue weighted by atomic mass is 10.2. The van der Waals surface area contributed by atoms with Crippen LogP contribution in [0.3, 0.4) is 0 Å². The first-order valence-corrected chi connectivity index (χ1v) is 10.4. The van der Waals surface area contributed by atoms with Crippen molar-refractivity contribution in [3.63, 3.8) is 0 Å². The van der Waals surface area contributed by atoms with Gasteiger partial charge in [0.2, 0.25) is 10.0 Å². The summed E-state index contributed by atoms with van der Waals surface area (Å²) in [6.07, 6.45) is 4.83. The Hall–Kier alpha value is -1.60. The maximum absolute atomic E-state index is 12.7. The van der Waals surface area contributed by atoms with E-state index in [1.54, 1.807) is 28.6 Å². The molecule has 1 aromatic rings. The topological polar surface area (TPSA) is 75.7 Å². The Bertz CT molecular complexity index is 650. The first kappa shape index (κ1) is 19.7. The molecule has 1 atom stereocenters. The molecule has 1 fully saturated rings. The molecule has 6 nitrogen and oxygen atoms in total. The van der Waals surface area contributed by atoms with E-state index in [0.717, 1.165) is 32.1 Å². The number of amides is 1. The molecule has 1 amide bonds. The highest BCUT2D eigenvalue weighted by molar-refractivity contribution is 7.89. The molecule has 1 aliphatic heterocycles. The van der Waals surface area contributed by atoms with Gasteiger partial charge in [0.25, 0.3) is 5.91 Å². The smallest absolute Gasteiger partial charge is 0.258 e. The van der Waals surface area contributed by atoms with Crippen LogP contribution in [0.2, 0.25) is 0 Å². The van der Waals surface area contributed by atoms with Crippen LogP contribution in [0, 0.1) is 0 Å². The van der Waals surface area contributed by atoms with E-state index in [2.05, 4.69) is 5.32 Å². The molecule has 1 N–H and O–H groups in total. The fourth-order valence-corrected chi connectivity index (χ4v) is 4.22. The van der Waals surface area contributed by atoms with E-state index in [4.69, 9.17) is 4.74 Å². The Morgan fingerprint density at radius 1 is 1.16 bits per heavy atom. The van der Waals surface area contributed by atoms with Gasteiger partial charge < -0.3 is 10.1 Å². The van der Waals surface area contributed by atoms with E-state index in [-0.39, 0.29) is 23.5 Å². The molecule has 1 heterocycles. The van der Waals surface area contributed by atoms with Gasteiger partial charge in [0.1, 0.15) is 5.75 Å². The van der Waals surface area contributed by atoms with Crippen LogP contribution in [0.15, 0.2) is 29.2 Å².